The zero-order valence-electron chi connectivity index (χ0n) is 17.6. The average molecular weight is 427 g/mol. The van der Waals surface area contributed by atoms with Crippen LogP contribution in [0.2, 0.25) is 0 Å². The molecule has 4 aromatic rings. The van der Waals surface area contributed by atoms with Gasteiger partial charge in [-0.15, -0.1) is 5.10 Å². The molecule has 3 aromatic carbocycles. The smallest absolute Gasteiger partial charge is 0.277 e. The Morgan fingerprint density at radius 1 is 0.906 bits per heavy atom. The molecule has 0 aliphatic heterocycles. The summed E-state index contributed by atoms with van der Waals surface area (Å²) in [5, 5.41) is 13.5. The van der Waals surface area contributed by atoms with E-state index in [4.69, 9.17) is 4.74 Å². The topological polar surface area (TPSA) is 98.1 Å². The molecule has 8 nitrogen and oxygen atoms in total. The first-order chi connectivity index (χ1) is 15.5. The lowest BCUT2D eigenvalue weighted by atomic mass is 10.1. The molecule has 32 heavy (non-hydrogen) atoms. The molecule has 0 aliphatic carbocycles. The van der Waals surface area contributed by atoms with Gasteiger partial charge in [0.05, 0.1) is 30.2 Å². The van der Waals surface area contributed by atoms with Crippen LogP contribution in [-0.2, 0) is 0 Å². The molecule has 1 heterocycles. The van der Waals surface area contributed by atoms with Gasteiger partial charge in [0.2, 0.25) is 0 Å². The molecular formula is C24H21N5O3. The lowest BCUT2D eigenvalue weighted by Gasteiger charge is -2.11. The first-order valence-corrected chi connectivity index (χ1v) is 9.88. The fourth-order valence-corrected chi connectivity index (χ4v) is 3.07. The summed E-state index contributed by atoms with van der Waals surface area (Å²) >= 11 is 0. The molecule has 0 bridgehead atoms. The van der Waals surface area contributed by atoms with Gasteiger partial charge < -0.3 is 15.4 Å². The summed E-state index contributed by atoms with van der Waals surface area (Å²) < 4.78 is 6.71. The Morgan fingerprint density at radius 2 is 1.69 bits per heavy atom. The first-order valence-electron chi connectivity index (χ1n) is 9.88. The minimum Gasteiger partial charge on any atom is -0.497 e. The van der Waals surface area contributed by atoms with E-state index in [9.17, 15) is 9.59 Å². The maximum atomic E-state index is 12.8. The van der Waals surface area contributed by atoms with Crippen molar-refractivity contribution in [3.05, 3.63) is 95.8 Å². The highest BCUT2D eigenvalue weighted by molar-refractivity contribution is 6.12. The van der Waals surface area contributed by atoms with Crippen molar-refractivity contribution in [3.8, 4) is 11.4 Å². The lowest BCUT2D eigenvalue weighted by molar-refractivity contribution is 0.102. The molecule has 1 aromatic heterocycles. The van der Waals surface area contributed by atoms with Crippen molar-refractivity contribution in [2.45, 2.75) is 6.92 Å². The number of nitrogens with zero attached hydrogens (tertiary/aromatic N) is 3. The van der Waals surface area contributed by atoms with Gasteiger partial charge in [-0.2, -0.15) is 0 Å². The quantitative estimate of drug-likeness (QED) is 0.483. The Balaban J connectivity index is 1.51. The van der Waals surface area contributed by atoms with Crippen LogP contribution in [0, 0.1) is 6.92 Å². The predicted molar refractivity (Wildman–Crippen MR) is 121 cm³/mol. The molecule has 2 N–H and O–H groups in total. The maximum absolute atomic E-state index is 12.8. The summed E-state index contributed by atoms with van der Waals surface area (Å²) in [6, 6.07) is 21.5. The van der Waals surface area contributed by atoms with E-state index in [0.717, 1.165) is 11.3 Å². The van der Waals surface area contributed by atoms with Crippen LogP contribution in [0.3, 0.4) is 0 Å². The van der Waals surface area contributed by atoms with Crippen LogP contribution < -0.4 is 15.4 Å². The Labute approximate surface area is 184 Å². The van der Waals surface area contributed by atoms with E-state index in [1.807, 2.05) is 31.2 Å². The van der Waals surface area contributed by atoms with Crippen LogP contribution in [0.15, 0.2) is 79.0 Å². The van der Waals surface area contributed by atoms with E-state index in [1.165, 1.54) is 4.68 Å². The number of aryl methyl sites for hydroxylation is 1. The number of carbonyl (C=O) groups excluding carboxylic acids is 2. The van der Waals surface area contributed by atoms with E-state index in [0.29, 0.717) is 22.7 Å². The monoisotopic (exact) mass is 427 g/mol. The number of benzene rings is 3. The summed E-state index contributed by atoms with van der Waals surface area (Å²) in [5.74, 6) is -0.205. The lowest BCUT2D eigenvalue weighted by Crippen LogP contribution is -2.18. The number of carbonyl (C=O) groups is 2. The van der Waals surface area contributed by atoms with E-state index in [1.54, 1.807) is 61.8 Å². The minimum absolute atomic E-state index is 0.133. The highest BCUT2D eigenvalue weighted by Crippen LogP contribution is 2.21. The molecule has 160 valence electrons. The third-order valence-corrected chi connectivity index (χ3v) is 4.77. The molecule has 0 saturated carbocycles. The normalized spacial score (nSPS) is 10.4. The summed E-state index contributed by atoms with van der Waals surface area (Å²) in [4.78, 5) is 25.6. The van der Waals surface area contributed by atoms with Crippen molar-refractivity contribution in [1.29, 1.82) is 0 Å². The van der Waals surface area contributed by atoms with Crippen LogP contribution >= 0.6 is 0 Å². The number of ether oxygens (including phenoxy) is 1. The van der Waals surface area contributed by atoms with Crippen LogP contribution in [-0.4, -0.2) is 33.9 Å². The van der Waals surface area contributed by atoms with Gasteiger partial charge in [-0.1, -0.05) is 41.1 Å². The second kappa shape index (κ2) is 9.13. The number of para-hydroxylation sites is 1. The van der Waals surface area contributed by atoms with Gasteiger partial charge in [0.15, 0.2) is 5.69 Å². The van der Waals surface area contributed by atoms with E-state index in [2.05, 4.69) is 20.9 Å². The predicted octanol–water partition coefficient (Wildman–Crippen LogP) is 4.09. The molecule has 0 atom stereocenters. The summed E-state index contributed by atoms with van der Waals surface area (Å²) in [7, 11) is 1.56. The molecule has 4 rings (SSSR count). The zero-order valence-corrected chi connectivity index (χ0v) is 17.6. The van der Waals surface area contributed by atoms with Crippen LogP contribution in [0.1, 0.15) is 26.4 Å². The number of rotatable bonds is 6. The number of hydrogen-bond acceptors (Lipinski definition) is 5. The van der Waals surface area contributed by atoms with Crippen molar-refractivity contribution in [2.75, 3.05) is 17.7 Å². The first kappa shape index (κ1) is 20.8. The van der Waals surface area contributed by atoms with Gasteiger partial charge in [-0.3, -0.25) is 9.59 Å². The Morgan fingerprint density at radius 3 is 2.47 bits per heavy atom. The van der Waals surface area contributed by atoms with E-state index >= 15 is 0 Å². The van der Waals surface area contributed by atoms with Crippen molar-refractivity contribution < 1.29 is 14.3 Å². The number of anilines is 2. The highest BCUT2D eigenvalue weighted by Gasteiger charge is 2.17. The van der Waals surface area contributed by atoms with Crippen LogP contribution in [0.25, 0.3) is 5.69 Å². The molecule has 0 saturated heterocycles. The highest BCUT2D eigenvalue weighted by atomic mass is 16.5. The fourth-order valence-electron chi connectivity index (χ4n) is 3.07. The molecule has 0 unspecified atom stereocenters. The molecule has 0 spiro atoms. The number of aromatic nitrogens is 3. The Hall–Kier alpha value is -4.46. The van der Waals surface area contributed by atoms with E-state index < -0.39 is 5.91 Å². The maximum Gasteiger partial charge on any atom is 0.277 e. The SMILES string of the molecule is COc1cccc(NC(=O)c2ccccc2NC(=O)c2cn(-c3ccc(C)cc3)nn2)c1. The zero-order chi connectivity index (χ0) is 22.5. The van der Waals surface area contributed by atoms with Gasteiger partial charge in [-0.25, -0.2) is 4.68 Å². The molecule has 8 heteroatoms. The Bertz CT molecular complexity index is 1260. The minimum atomic E-state index is -0.468. The standard InChI is InChI=1S/C24H21N5O3/c1-16-10-12-18(13-11-16)29-15-22(27-28-29)24(31)26-21-9-4-3-8-20(21)23(30)25-17-6-5-7-19(14-17)32-2/h3-15H,1-2H3,(H,25,30)(H,26,31). The molecule has 0 aliphatic rings. The second-order valence-electron chi connectivity index (χ2n) is 7.07. The van der Waals surface area contributed by atoms with Gasteiger partial charge in [0.1, 0.15) is 5.75 Å². The summed E-state index contributed by atoms with van der Waals surface area (Å²) in [6.07, 6.45) is 1.54. The van der Waals surface area contributed by atoms with Crippen LogP contribution in [0.5, 0.6) is 5.75 Å². The average Bonchev–Trinajstić information content (AvgIpc) is 3.30. The van der Waals surface area contributed by atoms with Gasteiger partial charge in [0, 0.05) is 11.8 Å². The third kappa shape index (κ3) is 4.65. The largest absolute Gasteiger partial charge is 0.497 e. The van der Waals surface area contributed by atoms with Crippen molar-refractivity contribution in [3.63, 3.8) is 0 Å². The summed E-state index contributed by atoms with van der Waals surface area (Å²) in [5.41, 5.74) is 3.30. The van der Waals surface area contributed by atoms with Crippen molar-refractivity contribution >= 4 is 23.2 Å². The van der Waals surface area contributed by atoms with E-state index in [-0.39, 0.29) is 11.6 Å². The molecule has 2 amide bonds. The number of amides is 2. The number of nitrogens with one attached hydrogen (secondary N) is 2. The fraction of sp³-hybridized carbons (Fsp3) is 0.0833. The number of hydrogen-bond donors (Lipinski definition) is 2. The Kier molecular flexibility index (Phi) is 5.94. The van der Waals surface area contributed by atoms with Gasteiger partial charge >= 0.3 is 0 Å². The van der Waals surface area contributed by atoms with Crippen LogP contribution in [0.4, 0.5) is 11.4 Å². The molecule has 0 radical (unpaired) electrons. The molecular weight excluding hydrogens is 406 g/mol. The number of methoxy groups -OCH3 is 1. The van der Waals surface area contributed by atoms with Crippen molar-refractivity contribution in [1.82, 2.24) is 15.0 Å². The second-order valence-corrected chi connectivity index (χ2v) is 7.07. The van der Waals surface area contributed by atoms with Gasteiger partial charge in [-0.05, 0) is 43.3 Å². The van der Waals surface area contributed by atoms with Gasteiger partial charge in [0.25, 0.3) is 11.8 Å². The molecule has 0 fully saturated rings. The summed E-state index contributed by atoms with van der Waals surface area (Å²) in [6.45, 7) is 1.99. The van der Waals surface area contributed by atoms with Crippen molar-refractivity contribution in [2.24, 2.45) is 0 Å². The third-order valence-electron chi connectivity index (χ3n) is 4.77.